The first-order valence-corrected chi connectivity index (χ1v) is 7.10. The van der Waals surface area contributed by atoms with E-state index in [0.717, 1.165) is 25.3 Å². The normalized spacial score (nSPS) is 12.6. The van der Waals surface area contributed by atoms with Gasteiger partial charge in [-0.25, -0.2) is 8.78 Å². The van der Waals surface area contributed by atoms with Crippen molar-refractivity contribution in [1.82, 2.24) is 5.43 Å². The molecule has 108 valence electrons. The van der Waals surface area contributed by atoms with Crippen LogP contribution in [0, 0.1) is 11.6 Å². The zero-order valence-corrected chi connectivity index (χ0v) is 11.6. The van der Waals surface area contributed by atoms with Gasteiger partial charge in [-0.15, -0.1) is 0 Å². The van der Waals surface area contributed by atoms with Crippen molar-refractivity contribution in [3.05, 3.63) is 35.4 Å². The average molecular weight is 270 g/mol. The van der Waals surface area contributed by atoms with Crippen LogP contribution >= 0.6 is 0 Å². The fourth-order valence-corrected chi connectivity index (χ4v) is 2.25. The molecule has 0 saturated carbocycles. The zero-order valence-electron chi connectivity index (χ0n) is 11.6. The number of hydrogen-bond acceptors (Lipinski definition) is 2. The molecule has 1 aromatic carbocycles. The van der Waals surface area contributed by atoms with E-state index in [1.807, 2.05) is 0 Å². The quantitative estimate of drug-likeness (QED) is 0.400. The van der Waals surface area contributed by atoms with Crippen LogP contribution in [-0.4, -0.2) is 0 Å². The van der Waals surface area contributed by atoms with Gasteiger partial charge in [-0.1, -0.05) is 57.6 Å². The topological polar surface area (TPSA) is 38.0 Å². The summed E-state index contributed by atoms with van der Waals surface area (Å²) < 4.78 is 26.8. The summed E-state index contributed by atoms with van der Waals surface area (Å²) in [6.45, 7) is 2.18. The molecular weight excluding hydrogens is 246 g/mol. The maximum atomic E-state index is 13.6. The van der Waals surface area contributed by atoms with Crippen molar-refractivity contribution in [2.24, 2.45) is 5.84 Å². The van der Waals surface area contributed by atoms with Gasteiger partial charge in [0, 0.05) is 11.6 Å². The third kappa shape index (κ3) is 5.25. The van der Waals surface area contributed by atoms with E-state index in [0.29, 0.717) is 5.56 Å². The lowest BCUT2D eigenvalue weighted by molar-refractivity contribution is 0.437. The number of nitrogens with one attached hydrogen (secondary N) is 1. The molecule has 0 fully saturated rings. The number of halogens is 2. The number of rotatable bonds is 9. The summed E-state index contributed by atoms with van der Waals surface area (Å²) in [4.78, 5) is 0. The Morgan fingerprint density at radius 1 is 1.11 bits per heavy atom. The number of hydrogen-bond donors (Lipinski definition) is 2. The number of hydrazine groups is 1. The van der Waals surface area contributed by atoms with Crippen LogP contribution in [0.25, 0.3) is 0 Å². The minimum Gasteiger partial charge on any atom is -0.271 e. The third-order valence-electron chi connectivity index (χ3n) is 3.40. The molecule has 4 heteroatoms. The molecule has 0 aliphatic carbocycles. The third-order valence-corrected chi connectivity index (χ3v) is 3.40. The average Bonchev–Trinajstić information content (AvgIpc) is 2.42. The number of nitrogens with two attached hydrogens (primary N) is 1. The molecule has 0 spiro atoms. The van der Waals surface area contributed by atoms with E-state index >= 15 is 0 Å². The monoisotopic (exact) mass is 270 g/mol. The molecule has 0 aliphatic heterocycles. The first-order chi connectivity index (χ1) is 9.20. The Kier molecular flexibility index (Phi) is 7.60. The van der Waals surface area contributed by atoms with Gasteiger partial charge >= 0.3 is 0 Å². The second kappa shape index (κ2) is 8.99. The van der Waals surface area contributed by atoms with E-state index in [9.17, 15) is 8.78 Å². The highest BCUT2D eigenvalue weighted by Gasteiger charge is 2.16. The highest BCUT2D eigenvalue weighted by molar-refractivity contribution is 5.22. The molecule has 0 radical (unpaired) electrons. The minimum atomic E-state index is -0.819. The number of unbranched alkanes of at least 4 members (excludes halogenated alkanes) is 5. The number of benzene rings is 1. The Bertz CT molecular complexity index is 369. The molecule has 0 saturated heterocycles. The van der Waals surface area contributed by atoms with Crippen LogP contribution in [0.3, 0.4) is 0 Å². The van der Waals surface area contributed by atoms with E-state index in [1.54, 1.807) is 6.07 Å². The fraction of sp³-hybridized carbons (Fsp3) is 0.600. The van der Waals surface area contributed by atoms with Crippen LogP contribution in [0.4, 0.5) is 8.78 Å². The van der Waals surface area contributed by atoms with Gasteiger partial charge in [0.05, 0.1) is 0 Å². The van der Waals surface area contributed by atoms with Crippen molar-refractivity contribution >= 4 is 0 Å². The van der Waals surface area contributed by atoms with Gasteiger partial charge in [-0.05, 0) is 12.5 Å². The van der Waals surface area contributed by atoms with E-state index in [4.69, 9.17) is 5.84 Å². The van der Waals surface area contributed by atoms with Gasteiger partial charge in [0.2, 0.25) is 0 Å². The van der Waals surface area contributed by atoms with Gasteiger partial charge in [0.1, 0.15) is 0 Å². The van der Waals surface area contributed by atoms with Crippen LogP contribution in [-0.2, 0) is 0 Å². The summed E-state index contributed by atoms with van der Waals surface area (Å²) >= 11 is 0. The Balaban J connectivity index is 2.43. The molecule has 3 N–H and O–H groups in total. The van der Waals surface area contributed by atoms with E-state index < -0.39 is 11.6 Å². The smallest absolute Gasteiger partial charge is 0.163 e. The van der Waals surface area contributed by atoms with E-state index in [-0.39, 0.29) is 6.04 Å². The first kappa shape index (κ1) is 16.1. The summed E-state index contributed by atoms with van der Waals surface area (Å²) in [5.41, 5.74) is 2.90. The lowest BCUT2D eigenvalue weighted by Crippen LogP contribution is -2.28. The molecular formula is C15H24F2N2. The van der Waals surface area contributed by atoms with E-state index in [1.165, 1.54) is 31.7 Å². The predicted molar refractivity (Wildman–Crippen MR) is 74.4 cm³/mol. The van der Waals surface area contributed by atoms with Crippen molar-refractivity contribution in [2.75, 3.05) is 0 Å². The van der Waals surface area contributed by atoms with Crippen molar-refractivity contribution in [3.8, 4) is 0 Å². The summed E-state index contributed by atoms with van der Waals surface area (Å²) in [5, 5.41) is 0. The zero-order chi connectivity index (χ0) is 14.1. The maximum Gasteiger partial charge on any atom is 0.163 e. The van der Waals surface area contributed by atoms with Crippen molar-refractivity contribution in [1.29, 1.82) is 0 Å². The Hall–Kier alpha value is -1.00. The molecule has 2 nitrogen and oxygen atoms in total. The highest BCUT2D eigenvalue weighted by Crippen LogP contribution is 2.23. The highest BCUT2D eigenvalue weighted by atomic mass is 19.2. The van der Waals surface area contributed by atoms with Crippen molar-refractivity contribution in [2.45, 2.75) is 57.9 Å². The molecule has 0 aliphatic rings. The van der Waals surface area contributed by atoms with E-state index in [2.05, 4.69) is 12.3 Å². The maximum absolute atomic E-state index is 13.6. The van der Waals surface area contributed by atoms with Crippen LogP contribution in [0.1, 0.15) is 63.5 Å². The molecule has 0 heterocycles. The lowest BCUT2D eigenvalue weighted by Gasteiger charge is -2.17. The molecule has 1 unspecified atom stereocenters. The predicted octanol–water partition coefficient (Wildman–Crippen LogP) is 4.22. The lowest BCUT2D eigenvalue weighted by atomic mass is 9.99. The fourth-order valence-electron chi connectivity index (χ4n) is 2.25. The first-order valence-electron chi connectivity index (χ1n) is 7.10. The largest absolute Gasteiger partial charge is 0.271 e. The van der Waals surface area contributed by atoms with Gasteiger partial charge in [-0.2, -0.15) is 0 Å². The Morgan fingerprint density at radius 3 is 2.47 bits per heavy atom. The van der Waals surface area contributed by atoms with Crippen LogP contribution in [0.2, 0.25) is 0 Å². The second-order valence-electron chi connectivity index (χ2n) is 4.92. The van der Waals surface area contributed by atoms with Gasteiger partial charge < -0.3 is 0 Å². The standard InChI is InChI=1S/C15H24F2N2/c1-2-3-4-5-6-7-11-14(19-18)12-9-8-10-13(16)15(12)17/h8-10,14,19H,2-7,11,18H2,1H3. The molecule has 1 rings (SSSR count). The summed E-state index contributed by atoms with van der Waals surface area (Å²) in [6, 6.07) is 3.90. The van der Waals surface area contributed by atoms with Gasteiger partial charge in [0.25, 0.3) is 0 Å². The molecule has 0 aromatic heterocycles. The molecule has 0 bridgehead atoms. The second-order valence-corrected chi connectivity index (χ2v) is 4.92. The summed E-state index contributed by atoms with van der Waals surface area (Å²) in [7, 11) is 0. The molecule has 19 heavy (non-hydrogen) atoms. The molecule has 1 atom stereocenters. The van der Waals surface area contributed by atoms with Crippen LogP contribution < -0.4 is 11.3 Å². The summed E-state index contributed by atoms with van der Waals surface area (Å²) in [6.07, 6.45) is 7.72. The van der Waals surface area contributed by atoms with Crippen LogP contribution in [0.5, 0.6) is 0 Å². The Morgan fingerprint density at radius 2 is 1.79 bits per heavy atom. The summed E-state index contributed by atoms with van der Waals surface area (Å²) in [5.74, 6) is 3.83. The SMILES string of the molecule is CCCCCCCCC(NN)c1cccc(F)c1F. The van der Waals surface area contributed by atoms with Crippen molar-refractivity contribution in [3.63, 3.8) is 0 Å². The molecule has 0 amide bonds. The minimum absolute atomic E-state index is 0.316. The van der Waals surface area contributed by atoms with Crippen LogP contribution in [0.15, 0.2) is 18.2 Å². The molecule has 1 aromatic rings. The Labute approximate surface area is 114 Å². The van der Waals surface area contributed by atoms with Gasteiger partial charge in [0.15, 0.2) is 11.6 Å². The van der Waals surface area contributed by atoms with Crippen molar-refractivity contribution < 1.29 is 8.78 Å². The van der Waals surface area contributed by atoms with Gasteiger partial charge in [-0.3, -0.25) is 11.3 Å².